The van der Waals surface area contributed by atoms with Crippen LogP contribution in [0.1, 0.15) is 22.5 Å². The summed E-state index contributed by atoms with van der Waals surface area (Å²) in [5.41, 5.74) is 4.99. The first-order valence-electron chi connectivity index (χ1n) is 7.30. The number of aromatic nitrogens is 3. The van der Waals surface area contributed by atoms with Crippen LogP contribution >= 0.6 is 11.3 Å². The van der Waals surface area contributed by atoms with Crippen molar-refractivity contribution in [1.82, 2.24) is 14.8 Å². The van der Waals surface area contributed by atoms with Crippen molar-refractivity contribution in [3.63, 3.8) is 0 Å². The Labute approximate surface area is 138 Å². The van der Waals surface area contributed by atoms with Crippen molar-refractivity contribution in [3.05, 3.63) is 46.8 Å². The zero-order valence-corrected chi connectivity index (χ0v) is 14.4. The van der Waals surface area contributed by atoms with Gasteiger partial charge in [-0.2, -0.15) is 5.10 Å². The molecule has 0 aliphatic rings. The quantitative estimate of drug-likeness (QED) is 0.748. The van der Waals surface area contributed by atoms with E-state index >= 15 is 0 Å². The molecule has 1 aromatic carbocycles. The zero-order chi connectivity index (χ0) is 16.6. The number of fused-ring (bicyclic) bond motifs is 1. The Kier molecular flexibility index (Phi) is 4.00. The number of rotatable bonds is 3. The van der Waals surface area contributed by atoms with Crippen molar-refractivity contribution in [3.8, 4) is 0 Å². The maximum Gasteiger partial charge on any atom is 0.250 e. The largest absolute Gasteiger partial charge is 0.298 e. The van der Waals surface area contributed by atoms with Crippen molar-refractivity contribution in [2.24, 2.45) is 7.05 Å². The Morgan fingerprint density at radius 3 is 2.78 bits per heavy atom. The summed E-state index contributed by atoms with van der Waals surface area (Å²) in [5.74, 6) is -0.191. The molecule has 0 bridgehead atoms. The lowest BCUT2D eigenvalue weighted by Crippen LogP contribution is -2.07. The third kappa shape index (κ3) is 3.17. The molecule has 2 aromatic heterocycles. The lowest BCUT2D eigenvalue weighted by atomic mass is 10.2. The van der Waals surface area contributed by atoms with E-state index in [2.05, 4.69) is 21.5 Å². The average Bonchev–Trinajstić information content (AvgIpc) is 2.98. The molecule has 1 N–H and O–H groups in total. The fourth-order valence-electron chi connectivity index (χ4n) is 2.42. The van der Waals surface area contributed by atoms with Crippen LogP contribution in [0.5, 0.6) is 0 Å². The molecule has 2 heterocycles. The Morgan fingerprint density at radius 2 is 2.09 bits per heavy atom. The molecule has 0 saturated carbocycles. The Balaban J connectivity index is 1.76. The zero-order valence-electron chi connectivity index (χ0n) is 13.5. The molecule has 0 unspecified atom stereocenters. The number of benzene rings is 1. The van der Waals surface area contributed by atoms with Crippen LogP contribution in [0.15, 0.2) is 24.3 Å². The van der Waals surface area contributed by atoms with Gasteiger partial charge in [0.2, 0.25) is 5.91 Å². The first kappa shape index (κ1) is 15.4. The molecule has 0 atom stereocenters. The van der Waals surface area contributed by atoms with Gasteiger partial charge in [-0.1, -0.05) is 17.4 Å². The molecule has 0 saturated heterocycles. The minimum Gasteiger partial charge on any atom is -0.298 e. The number of carbonyl (C=O) groups is 1. The van der Waals surface area contributed by atoms with Gasteiger partial charge in [-0.05, 0) is 44.5 Å². The van der Waals surface area contributed by atoms with Gasteiger partial charge in [0.1, 0.15) is 0 Å². The van der Waals surface area contributed by atoms with Crippen LogP contribution in [-0.4, -0.2) is 20.7 Å². The van der Waals surface area contributed by atoms with Crippen LogP contribution in [-0.2, 0) is 11.8 Å². The highest BCUT2D eigenvalue weighted by molar-refractivity contribution is 7.22. The molecule has 23 heavy (non-hydrogen) atoms. The van der Waals surface area contributed by atoms with Gasteiger partial charge in [0.25, 0.3) is 0 Å². The molecule has 118 valence electrons. The molecule has 0 radical (unpaired) electrons. The van der Waals surface area contributed by atoms with E-state index < -0.39 is 0 Å². The number of hydrogen-bond acceptors (Lipinski definition) is 4. The average molecular weight is 326 g/mol. The summed E-state index contributed by atoms with van der Waals surface area (Å²) in [6.07, 6.45) is 3.32. The number of nitrogens with zero attached hydrogens (tertiary/aromatic N) is 3. The van der Waals surface area contributed by atoms with E-state index in [0.717, 1.165) is 27.2 Å². The summed E-state index contributed by atoms with van der Waals surface area (Å²) in [7, 11) is 1.89. The monoisotopic (exact) mass is 326 g/mol. The van der Waals surface area contributed by atoms with E-state index in [-0.39, 0.29) is 5.91 Å². The van der Waals surface area contributed by atoms with Gasteiger partial charge in [0.15, 0.2) is 5.13 Å². The molecule has 0 aliphatic carbocycles. The molecule has 3 aromatic rings. The summed E-state index contributed by atoms with van der Waals surface area (Å²) >= 11 is 1.48. The second-order valence-electron chi connectivity index (χ2n) is 5.52. The van der Waals surface area contributed by atoms with Gasteiger partial charge in [-0.3, -0.25) is 14.8 Å². The number of hydrogen-bond donors (Lipinski definition) is 1. The van der Waals surface area contributed by atoms with E-state index in [1.54, 1.807) is 6.08 Å². The first-order chi connectivity index (χ1) is 10.9. The third-order valence-corrected chi connectivity index (χ3v) is 4.67. The van der Waals surface area contributed by atoms with Gasteiger partial charge in [0.05, 0.1) is 15.9 Å². The maximum atomic E-state index is 12.1. The maximum absolute atomic E-state index is 12.1. The molecule has 0 fully saturated rings. The second-order valence-corrected chi connectivity index (χ2v) is 6.55. The Hall–Kier alpha value is -2.47. The normalized spacial score (nSPS) is 11.5. The minimum absolute atomic E-state index is 0.191. The van der Waals surface area contributed by atoms with Crippen LogP contribution in [0, 0.1) is 20.8 Å². The summed E-state index contributed by atoms with van der Waals surface area (Å²) in [6, 6.07) is 6.05. The van der Waals surface area contributed by atoms with Crippen molar-refractivity contribution in [2.45, 2.75) is 20.8 Å². The molecular formula is C17H18N4OS. The van der Waals surface area contributed by atoms with Gasteiger partial charge in [0, 0.05) is 24.4 Å². The van der Waals surface area contributed by atoms with Crippen LogP contribution < -0.4 is 5.32 Å². The highest BCUT2D eigenvalue weighted by atomic mass is 32.1. The molecule has 3 rings (SSSR count). The highest BCUT2D eigenvalue weighted by Gasteiger charge is 2.08. The van der Waals surface area contributed by atoms with Gasteiger partial charge in [-0.15, -0.1) is 0 Å². The second kappa shape index (κ2) is 5.96. The van der Waals surface area contributed by atoms with E-state index in [1.807, 2.05) is 44.6 Å². The topological polar surface area (TPSA) is 59.8 Å². The summed E-state index contributed by atoms with van der Waals surface area (Å²) in [5, 5.41) is 7.77. The van der Waals surface area contributed by atoms with E-state index in [0.29, 0.717) is 5.13 Å². The lowest BCUT2D eigenvalue weighted by molar-refractivity contribution is -0.111. The van der Waals surface area contributed by atoms with E-state index in [1.165, 1.54) is 23.0 Å². The number of aryl methyl sites for hydroxylation is 3. The molecule has 5 nitrogen and oxygen atoms in total. The number of carbonyl (C=O) groups excluding carboxylic acids is 1. The predicted octanol–water partition coefficient (Wildman–Crippen LogP) is 3.61. The summed E-state index contributed by atoms with van der Waals surface area (Å²) < 4.78 is 2.88. The third-order valence-electron chi connectivity index (χ3n) is 3.74. The van der Waals surface area contributed by atoms with Crippen LogP contribution in [0.4, 0.5) is 5.13 Å². The molecule has 1 amide bonds. The number of amides is 1. The van der Waals surface area contributed by atoms with E-state index in [4.69, 9.17) is 0 Å². The standard InChI is InChI=1S/C17H18N4OS/c1-10-5-7-14-15(9-10)23-17(18-14)19-16(22)8-6-13-11(2)20-21(4)12(13)3/h5-9H,1-4H3,(H,18,19,22)/b8-6+. The molecule has 0 aliphatic heterocycles. The van der Waals surface area contributed by atoms with Crippen molar-refractivity contribution < 1.29 is 4.79 Å². The molecule has 0 spiro atoms. The fraction of sp³-hybridized carbons (Fsp3) is 0.235. The number of anilines is 1. The summed E-state index contributed by atoms with van der Waals surface area (Å²) in [6.45, 7) is 5.95. The SMILES string of the molecule is Cc1ccc2nc(NC(=O)/C=C/c3c(C)nn(C)c3C)sc2c1. The van der Waals surface area contributed by atoms with Crippen LogP contribution in [0.3, 0.4) is 0 Å². The van der Waals surface area contributed by atoms with Crippen LogP contribution in [0.2, 0.25) is 0 Å². The molecular weight excluding hydrogens is 308 g/mol. The van der Waals surface area contributed by atoms with Gasteiger partial charge in [-0.25, -0.2) is 4.98 Å². The smallest absolute Gasteiger partial charge is 0.250 e. The first-order valence-corrected chi connectivity index (χ1v) is 8.12. The van der Waals surface area contributed by atoms with Crippen molar-refractivity contribution >= 4 is 38.7 Å². The van der Waals surface area contributed by atoms with Crippen molar-refractivity contribution in [1.29, 1.82) is 0 Å². The fourth-order valence-corrected chi connectivity index (χ4v) is 3.39. The Morgan fingerprint density at radius 1 is 1.30 bits per heavy atom. The van der Waals surface area contributed by atoms with Gasteiger partial charge < -0.3 is 0 Å². The Bertz CT molecular complexity index is 920. The minimum atomic E-state index is -0.191. The lowest BCUT2D eigenvalue weighted by Gasteiger charge is -1.96. The predicted molar refractivity (Wildman–Crippen MR) is 94.7 cm³/mol. The number of nitrogens with one attached hydrogen (secondary N) is 1. The van der Waals surface area contributed by atoms with Crippen molar-refractivity contribution in [2.75, 3.05) is 5.32 Å². The highest BCUT2D eigenvalue weighted by Crippen LogP contribution is 2.26. The summed E-state index contributed by atoms with van der Waals surface area (Å²) in [4.78, 5) is 16.5. The molecule has 6 heteroatoms. The van der Waals surface area contributed by atoms with E-state index in [9.17, 15) is 4.79 Å². The van der Waals surface area contributed by atoms with Gasteiger partial charge >= 0.3 is 0 Å². The number of thiazole rings is 1. The van der Waals surface area contributed by atoms with Crippen LogP contribution in [0.25, 0.3) is 16.3 Å².